The number of benzene rings is 1. The molecule has 0 aliphatic rings. The summed E-state index contributed by atoms with van der Waals surface area (Å²) in [6, 6.07) is 4.00. The van der Waals surface area contributed by atoms with Crippen molar-refractivity contribution < 1.29 is 5.11 Å². The second kappa shape index (κ2) is 3.77. The Kier molecular flexibility index (Phi) is 3.08. The minimum atomic E-state index is -0.518. The highest BCUT2D eigenvalue weighted by molar-refractivity contribution is 5.49. The van der Waals surface area contributed by atoms with E-state index in [1.807, 2.05) is 32.9 Å². The summed E-state index contributed by atoms with van der Waals surface area (Å²) in [5.41, 5.74) is 8.40. The molecule has 2 heteroatoms. The van der Waals surface area contributed by atoms with Gasteiger partial charge in [0.05, 0.1) is 0 Å². The van der Waals surface area contributed by atoms with E-state index in [4.69, 9.17) is 5.73 Å². The van der Waals surface area contributed by atoms with E-state index in [0.717, 1.165) is 16.7 Å². The van der Waals surface area contributed by atoms with Crippen LogP contribution in [0.3, 0.4) is 0 Å². The number of hydrogen-bond donors (Lipinski definition) is 2. The van der Waals surface area contributed by atoms with E-state index in [-0.39, 0.29) is 5.41 Å². The van der Waals surface area contributed by atoms with Crippen molar-refractivity contribution in [1.29, 1.82) is 0 Å². The maximum absolute atomic E-state index is 10.3. The molecule has 1 rings (SSSR count). The van der Waals surface area contributed by atoms with Crippen molar-refractivity contribution in [3.8, 4) is 5.75 Å². The summed E-state index contributed by atoms with van der Waals surface area (Å²) in [6.07, 6.45) is 0. The third-order valence-corrected chi connectivity index (χ3v) is 2.76. The monoisotopic (exact) mass is 221 g/mol. The largest absolute Gasteiger partial charge is 0.507 e. The minimum Gasteiger partial charge on any atom is -0.507 e. The van der Waals surface area contributed by atoms with Crippen LogP contribution in [-0.4, -0.2) is 5.11 Å². The molecule has 2 nitrogen and oxygen atoms in total. The van der Waals surface area contributed by atoms with Crippen LogP contribution in [0.2, 0.25) is 0 Å². The number of nitrogens with two attached hydrogens (primary N) is 1. The highest BCUT2D eigenvalue weighted by Gasteiger charge is 2.25. The number of phenols is 1. The lowest BCUT2D eigenvalue weighted by Gasteiger charge is -2.27. The zero-order chi connectivity index (χ0) is 12.7. The molecule has 0 aliphatic heterocycles. The van der Waals surface area contributed by atoms with Gasteiger partial charge in [-0.05, 0) is 31.7 Å². The first-order valence-corrected chi connectivity index (χ1v) is 5.67. The summed E-state index contributed by atoms with van der Waals surface area (Å²) in [6.45, 7) is 12.1. The van der Waals surface area contributed by atoms with Gasteiger partial charge in [-0.3, -0.25) is 0 Å². The van der Waals surface area contributed by atoms with Crippen LogP contribution in [0.25, 0.3) is 0 Å². The van der Waals surface area contributed by atoms with Gasteiger partial charge in [0, 0.05) is 11.1 Å². The van der Waals surface area contributed by atoms with Crippen LogP contribution in [0.5, 0.6) is 5.75 Å². The van der Waals surface area contributed by atoms with E-state index in [1.54, 1.807) is 0 Å². The Morgan fingerprint density at radius 2 is 1.44 bits per heavy atom. The number of aromatic hydroxyl groups is 1. The Balaban J connectivity index is 3.51. The molecule has 90 valence electrons. The van der Waals surface area contributed by atoms with Crippen molar-refractivity contribution in [2.24, 2.45) is 5.73 Å². The second-order valence-electron chi connectivity index (χ2n) is 6.18. The van der Waals surface area contributed by atoms with Gasteiger partial charge in [0.15, 0.2) is 0 Å². The highest BCUT2D eigenvalue weighted by Crippen LogP contribution is 2.37. The normalized spacial score (nSPS) is 12.9. The van der Waals surface area contributed by atoms with Gasteiger partial charge in [0.2, 0.25) is 0 Å². The van der Waals surface area contributed by atoms with E-state index >= 15 is 0 Å². The van der Waals surface area contributed by atoms with Crippen molar-refractivity contribution >= 4 is 0 Å². The lowest BCUT2D eigenvalue weighted by atomic mass is 9.81. The SMILES string of the molecule is Cc1cc(C(C)(C)C)c(O)c(C(C)(C)N)c1. The summed E-state index contributed by atoms with van der Waals surface area (Å²) >= 11 is 0. The van der Waals surface area contributed by atoms with Crippen LogP contribution in [0.15, 0.2) is 12.1 Å². The van der Waals surface area contributed by atoms with Crippen LogP contribution in [0.1, 0.15) is 51.3 Å². The summed E-state index contributed by atoms with van der Waals surface area (Å²) in [5, 5.41) is 10.3. The van der Waals surface area contributed by atoms with E-state index in [9.17, 15) is 5.11 Å². The van der Waals surface area contributed by atoms with Crippen molar-refractivity contribution in [1.82, 2.24) is 0 Å². The van der Waals surface area contributed by atoms with Gasteiger partial charge in [-0.1, -0.05) is 38.5 Å². The fourth-order valence-corrected chi connectivity index (χ4v) is 1.84. The average Bonchev–Trinajstić information content (AvgIpc) is 2.04. The van der Waals surface area contributed by atoms with Crippen LogP contribution < -0.4 is 5.73 Å². The molecular weight excluding hydrogens is 198 g/mol. The molecule has 0 spiro atoms. The summed E-state index contributed by atoms with van der Waals surface area (Å²) < 4.78 is 0. The number of rotatable bonds is 1. The minimum absolute atomic E-state index is 0.0733. The summed E-state index contributed by atoms with van der Waals surface area (Å²) in [5.74, 6) is 0.339. The zero-order valence-electron chi connectivity index (χ0n) is 11.2. The molecule has 1 aromatic carbocycles. The van der Waals surface area contributed by atoms with Crippen LogP contribution in [0, 0.1) is 6.92 Å². The highest BCUT2D eigenvalue weighted by atomic mass is 16.3. The van der Waals surface area contributed by atoms with E-state index in [2.05, 4.69) is 20.8 Å². The Labute approximate surface area is 98.5 Å². The van der Waals surface area contributed by atoms with E-state index in [0.29, 0.717) is 5.75 Å². The zero-order valence-corrected chi connectivity index (χ0v) is 11.2. The standard InChI is InChI=1S/C14H23NO/c1-9-7-10(13(2,3)4)12(16)11(8-9)14(5,6)15/h7-8,16H,15H2,1-6H3. The molecule has 0 aromatic heterocycles. The third-order valence-electron chi connectivity index (χ3n) is 2.76. The lowest BCUT2D eigenvalue weighted by Crippen LogP contribution is -2.29. The fraction of sp³-hybridized carbons (Fsp3) is 0.571. The average molecular weight is 221 g/mol. The van der Waals surface area contributed by atoms with E-state index in [1.165, 1.54) is 0 Å². The predicted octanol–water partition coefficient (Wildman–Crippen LogP) is 3.19. The van der Waals surface area contributed by atoms with Gasteiger partial charge >= 0.3 is 0 Å². The molecule has 1 aromatic rings. The Morgan fingerprint density at radius 3 is 1.81 bits per heavy atom. The van der Waals surface area contributed by atoms with Gasteiger partial charge in [0.25, 0.3) is 0 Å². The maximum atomic E-state index is 10.3. The van der Waals surface area contributed by atoms with Gasteiger partial charge in [0.1, 0.15) is 5.75 Å². The number of aryl methyl sites for hydroxylation is 1. The van der Waals surface area contributed by atoms with Crippen molar-refractivity contribution in [3.63, 3.8) is 0 Å². The predicted molar refractivity (Wildman–Crippen MR) is 68.8 cm³/mol. The topological polar surface area (TPSA) is 46.2 Å². The molecule has 0 bridgehead atoms. The summed E-state index contributed by atoms with van der Waals surface area (Å²) in [7, 11) is 0. The number of hydrogen-bond acceptors (Lipinski definition) is 2. The second-order valence-corrected chi connectivity index (χ2v) is 6.18. The molecule has 3 N–H and O–H groups in total. The Hall–Kier alpha value is -1.02. The van der Waals surface area contributed by atoms with Gasteiger partial charge < -0.3 is 10.8 Å². The molecule has 0 saturated carbocycles. The van der Waals surface area contributed by atoms with Crippen molar-refractivity contribution in [3.05, 3.63) is 28.8 Å². The summed E-state index contributed by atoms with van der Waals surface area (Å²) in [4.78, 5) is 0. The van der Waals surface area contributed by atoms with Gasteiger partial charge in [-0.2, -0.15) is 0 Å². The first-order valence-electron chi connectivity index (χ1n) is 5.67. The van der Waals surface area contributed by atoms with Crippen molar-refractivity contribution in [2.45, 2.75) is 52.5 Å². The Morgan fingerprint density at radius 1 is 1.00 bits per heavy atom. The van der Waals surface area contributed by atoms with Gasteiger partial charge in [-0.25, -0.2) is 0 Å². The molecule has 16 heavy (non-hydrogen) atoms. The van der Waals surface area contributed by atoms with Crippen LogP contribution in [-0.2, 0) is 11.0 Å². The third kappa shape index (κ3) is 2.56. The molecule has 0 fully saturated rings. The molecule has 0 aliphatic carbocycles. The molecule has 0 saturated heterocycles. The Bertz CT molecular complexity index is 359. The quantitative estimate of drug-likeness (QED) is 0.765. The molecule has 0 heterocycles. The van der Waals surface area contributed by atoms with Crippen LogP contribution >= 0.6 is 0 Å². The first-order chi connectivity index (χ1) is 7.03. The van der Waals surface area contributed by atoms with E-state index < -0.39 is 5.54 Å². The van der Waals surface area contributed by atoms with Crippen LogP contribution in [0.4, 0.5) is 0 Å². The fourth-order valence-electron chi connectivity index (χ4n) is 1.84. The first kappa shape index (κ1) is 13.0. The molecule has 0 unspecified atom stereocenters. The van der Waals surface area contributed by atoms with Crippen molar-refractivity contribution in [2.75, 3.05) is 0 Å². The smallest absolute Gasteiger partial charge is 0.124 e. The molecule has 0 atom stereocenters. The van der Waals surface area contributed by atoms with Gasteiger partial charge in [-0.15, -0.1) is 0 Å². The molecular formula is C14H23NO. The maximum Gasteiger partial charge on any atom is 0.124 e. The molecule has 0 radical (unpaired) electrons. The lowest BCUT2D eigenvalue weighted by molar-refractivity contribution is 0.418. The molecule has 0 amide bonds. The number of phenolic OH excluding ortho intramolecular Hbond substituents is 1.